The maximum Gasteiger partial charge on any atom is 0.0709 e. The first kappa shape index (κ1) is 13.1. The van der Waals surface area contributed by atoms with Gasteiger partial charge in [0.1, 0.15) is 0 Å². The lowest BCUT2D eigenvalue weighted by Gasteiger charge is -2.10. The third-order valence-corrected chi connectivity index (χ3v) is 3.24. The van der Waals surface area contributed by atoms with E-state index in [9.17, 15) is 0 Å². The van der Waals surface area contributed by atoms with Crippen LogP contribution in [0.25, 0.3) is 0 Å². The molecular weight excluding hydrogens is 246 g/mol. The summed E-state index contributed by atoms with van der Waals surface area (Å²) in [5, 5.41) is 7.54. The van der Waals surface area contributed by atoms with Crippen molar-refractivity contribution in [1.29, 1.82) is 0 Å². The van der Waals surface area contributed by atoms with Crippen LogP contribution in [-0.4, -0.2) is 22.9 Å². The summed E-state index contributed by atoms with van der Waals surface area (Å²) in [4.78, 5) is 0. The van der Waals surface area contributed by atoms with Crippen LogP contribution < -0.4 is 5.32 Å². The fraction of sp³-hybridized carbons (Fsp3) is 0.357. The molecule has 1 atom stereocenters. The molecule has 1 aromatic heterocycles. The molecule has 0 bridgehead atoms. The number of aryl methyl sites for hydroxylation is 1. The minimum Gasteiger partial charge on any atom is -0.315 e. The Morgan fingerprint density at radius 1 is 1.33 bits per heavy atom. The Bertz CT molecular complexity index is 467. The van der Waals surface area contributed by atoms with Gasteiger partial charge in [0.2, 0.25) is 0 Å². The summed E-state index contributed by atoms with van der Waals surface area (Å²) in [7, 11) is 1.93. The summed E-state index contributed by atoms with van der Waals surface area (Å²) in [5.41, 5.74) is 2.41. The Balaban J connectivity index is 1.69. The van der Waals surface area contributed by atoms with Gasteiger partial charge in [-0.15, -0.1) is 11.6 Å². The lowest BCUT2D eigenvalue weighted by atomic mass is 10.1. The monoisotopic (exact) mass is 263 g/mol. The second-order valence-electron chi connectivity index (χ2n) is 4.35. The van der Waals surface area contributed by atoms with Gasteiger partial charge in [0.25, 0.3) is 0 Å². The quantitative estimate of drug-likeness (QED) is 0.641. The summed E-state index contributed by atoms with van der Waals surface area (Å²) in [6, 6.07) is 10.1. The van der Waals surface area contributed by atoms with E-state index in [4.69, 9.17) is 11.6 Å². The number of hydrogen-bond acceptors (Lipinski definition) is 2. The molecule has 0 aliphatic carbocycles. The molecule has 1 N–H and O–H groups in total. The Morgan fingerprint density at radius 2 is 2.11 bits per heavy atom. The molecule has 1 aromatic carbocycles. The van der Waals surface area contributed by atoms with Crippen LogP contribution in [-0.2, 0) is 13.5 Å². The van der Waals surface area contributed by atoms with Crippen molar-refractivity contribution in [2.75, 3.05) is 13.1 Å². The molecule has 0 amide bonds. The van der Waals surface area contributed by atoms with E-state index in [2.05, 4.69) is 22.5 Å². The second kappa shape index (κ2) is 6.57. The zero-order chi connectivity index (χ0) is 12.8. The molecule has 18 heavy (non-hydrogen) atoms. The predicted molar refractivity (Wildman–Crippen MR) is 74.8 cm³/mol. The van der Waals surface area contributed by atoms with Crippen molar-refractivity contribution in [2.45, 2.75) is 11.8 Å². The highest BCUT2D eigenvalue weighted by molar-refractivity contribution is 6.21. The molecule has 4 heteroatoms. The predicted octanol–water partition coefficient (Wildman–Crippen LogP) is 2.53. The van der Waals surface area contributed by atoms with Crippen LogP contribution in [0.5, 0.6) is 0 Å². The van der Waals surface area contributed by atoms with Gasteiger partial charge in [-0.2, -0.15) is 5.10 Å². The van der Waals surface area contributed by atoms with E-state index in [-0.39, 0.29) is 5.38 Å². The molecule has 1 unspecified atom stereocenters. The van der Waals surface area contributed by atoms with Gasteiger partial charge in [0.15, 0.2) is 0 Å². The van der Waals surface area contributed by atoms with Crippen LogP contribution in [0.4, 0.5) is 0 Å². The zero-order valence-electron chi connectivity index (χ0n) is 10.5. The Labute approximate surface area is 113 Å². The van der Waals surface area contributed by atoms with E-state index < -0.39 is 0 Å². The minimum absolute atomic E-state index is 0.0279. The van der Waals surface area contributed by atoms with Crippen LogP contribution in [0.1, 0.15) is 16.5 Å². The van der Waals surface area contributed by atoms with Gasteiger partial charge >= 0.3 is 0 Å². The first-order valence-corrected chi connectivity index (χ1v) is 6.56. The number of rotatable bonds is 6. The van der Waals surface area contributed by atoms with Gasteiger partial charge in [0, 0.05) is 19.8 Å². The third-order valence-electron chi connectivity index (χ3n) is 2.83. The van der Waals surface area contributed by atoms with Crippen LogP contribution >= 0.6 is 11.6 Å². The van der Waals surface area contributed by atoms with Gasteiger partial charge in [0.05, 0.1) is 11.6 Å². The Kier molecular flexibility index (Phi) is 4.79. The standard InChI is InChI=1S/C14H18ClN3/c1-18-11-12(9-17-18)7-8-16-10-14(15)13-5-3-2-4-6-13/h2-6,9,11,14,16H,7-8,10H2,1H3. The highest BCUT2D eigenvalue weighted by Crippen LogP contribution is 2.18. The minimum atomic E-state index is 0.0279. The van der Waals surface area contributed by atoms with Crippen molar-refractivity contribution in [3.63, 3.8) is 0 Å². The third kappa shape index (κ3) is 3.86. The number of nitrogens with zero attached hydrogens (tertiary/aromatic N) is 2. The van der Waals surface area contributed by atoms with Gasteiger partial charge in [-0.25, -0.2) is 0 Å². The van der Waals surface area contributed by atoms with E-state index in [0.29, 0.717) is 0 Å². The molecule has 0 saturated carbocycles. The highest BCUT2D eigenvalue weighted by atomic mass is 35.5. The van der Waals surface area contributed by atoms with E-state index in [1.807, 2.05) is 42.3 Å². The van der Waals surface area contributed by atoms with Crippen molar-refractivity contribution < 1.29 is 0 Å². The molecule has 0 aliphatic heterocycles. The Morgan fingerprint density at radius 3 is 2.78 bits per heavy atom. The topological polar surface area (TPSA) is 29.9 Å². The number of alkyl halides is 1. The smallest absolute Gasteiger partial charge is 0.0709 e. The molecule has 0 spiro atoms. The first-order chi connectivity index (χ1) is 8.75. The lowest BCUT2D eigenvalue weighted by Crippen LogP contribution is -2.21. The molecule has 2 rings (SSSR count). The van der Waals surface area contributed by atoms with Gasteiger partial charge in [-0.3, -0.25) is 4.68 Å². The van der Waals surface area contributed by atoms with Crippen LogP contribution in [0.15, 0.2) is 42.7 Å². The molecule has 96 valence electrons. The zero-order valence-corrected chi connectivity index (χ0v) is 11.3. The van der Waals surface area contributed by atoms with Crippen molar-refractivity contribution in [2.24, 2.45) is 7.05 Å². The fourth-order valence-electron chi connectivity index (χ4n) is 1.84. The molecule has 0 radical (unpaired) electrons. The summed E-state index contributed by atoms with van der Waals surface area (Å²) in [6.45, 7) is 1.70. The van der Waals surface area contributed by atoms with Crippen LogP contribution in [0.3, 0.4) is 0 Å². The second-order valence-corrected chi connectivity index (χ2v) is 4.88. The van der Waals surface area contributed by atoms with E-state index in [1.54, 1.807) is 0 Å². The normalized spacial score (nSPS) is 12.6. The molecule has 0 aliphatic rings. The van der Waals surface area contributed by atoms with Crippen molar-refractivity contribution in [3.8, 4) is 0 Å². The van der Waals surface area contributed by atoms with Crippen molar-refractivity contribution in [3.05, 3.63) is 53.9 Å². The average Bonchev–Trinajstić information content (AvgIpc) is 2.81. The Hall–Kier alpha value is -1.32. The maximum atomic E-state index is 6.31. The van der Waals surface area contributed by atoms with Crippen LogP contribution in [0.2, 0.25) is 0 Å². The first-order valence-electron chi connectivity index (χ1n) is 6.13. The average molecular weight is 264 g/mol. The summed E-state index contributed by atoms with van der Waals surface area (Å²) in [5.74, 6) is 0. The number of benzene rings is 1. The molecular formula is C14H18ClN3. The van der Waals surface area contributed by atoms with Crippen molar-refractivity contribution >= 4 is 11.6 Å². The summed E-state index contributed by atoms with van der Waals surface area (Å²) < 4.78 is 1.82. The van der Waals surface area contributed by atoms with Gasteiger partial charge in [-0.1, -0.05) is 30.3 Å². The fourth-order valence-corrected chi connectivity index (χ4v) is 2.10. The number of halogens is 1. The molecule has 0 saturated heterocycles. The maximum absolute atomic E-state index is 6.31. The SMILES string of the molecule is Cn1cc(CCNCC(Cl)c2ccccc2)cn1. The lowest BCUT2D eigenvalue weighted by molar-refractivity contribution is 0.670. The van der Waals surface area contributed by atoms with Crippen LogP contribution in [0, 0.1) is 0 Å². The van der Waals surface area contributed by atoms with E-state index in [0.717, 1.165) is 25.1 Å². The molecule has 3 nitrogen and oxygen atoms in total. The number of nitrogens with one attached hydrogen (secondary N) is 1. The largest absolute Gasteiger partial charge is 0.315 e. The molecule has 2 aromatic rings. The molecule has 1 heterocycles. The highest BCUT2D eigenvalue weighted by Gasteiger charge is 2.06. The van der Waals surface area contributed by atoms with Gasteiger partial charge in [-0.05, 0) is 24.1 Å². The summed E-state index contributed by atoms with van der Waals surface area (Å²) >= 11 is 6.31. The molecule has 0 fully saturated rings. The van der Waals surface area contributed by atoms with E-state index in [1.165, 1.54) is 5.56 Å². The van der Waals surface area contributed by atoms with E-state index >= 15 is 0 Å². The van der Waals surface area contributed by atoms with Gasteiger partial charge < -0.3 is 5.32 Å². The number of aromatic nitrogens is 2. The number of hydrogen-bond donors (Lipinski definition) is 1. The summed E-state index contributed by atoms with van der Waals surface area (Å²) in [6.07, 6.45) is 4.92. The van der Waals surface area contributed by atoms with Crippen molar-refractivity contribution in [1.82, 2.24) is 15.1 Å².